The molecule has 0 heterocycles. The van der Waals surface area contributed by atoms with Crippen molar-refractivity contribution in [1.82, 2.24) is 0 Å². The SMILES string of the molecule is OC(c1c(I)ccc(Br)c1F)C1CC1. The monoisotopic (exact) mass is 370 g/mol. The van der Waals surface area contributed by atoms with Crippen LogP contribution in [0.3, 0.4) is 0 Å². The van der Waals surface area contributed by atoms with Crippen LogP contribution < -0.4 is 0 Å². The zero-order valence-electron chi connectivity index (χ0n) is 7.30. The minimum Gasteiger partial charge on any atom is -0.388 e. The fourth-order valence-corrected chi connectivity index (χ4v) is 2.54. The molecule has 0 saturated heterocycles. The summed E-state index contributed by atoms with van der Waals surface area (Å²) in [5, 5.41) is 9.88. The van der Waals surface area contributed by atoms with Gasteiger partial charge in [0.05, 0.1) is 10.6 Å². The Hall–Kier alpha value is 0.320. The highest BCUT2D eigenvalue weighted by molar-refractivity contribution is 14.1. The molecule has 0 aliphatic heterocycles. The van der Waals surface area contributed by atoms with Crippen LogP contribution in [0.5, 0.6) is 0 Å². The van der Waals surface area contributed by atoms with Crippen molar-refractivity contribution in [3.63, 3.8) is 0 Å². The van der Waals surface area contributed by atoms with Gasteiger partial charge < -0.3 is 5.11 Å². The Kier molecular flexibility index (Phi) is 3.14. The van der Waals surface area contributed by atoms with E-state index in [1.165, 1.54) is 0 Å². The molecule has 0 aromatic heterocycles. The standard InChI is InChI=1S/C10H9BrFIO/c11-6-3-4-7(13)8(9(6)12)10(14)5-1-2-5/h3-5,10,14H,1-2H2. The minimum absolute atomic E-state index is 0.257. The summed E-state index contributed by atoms with van der Waals surface area (Å²) in [7, 11) is 0. The van der Waals surface area contributed by atoms with E-state index in [4.69, 9.17) is 0 Å². The van der Waals surface area contributed by atoms with E-state index in [0.717, 1.165) is 16.4 Å². The molecule has 76 valence electrons. The third-order valence-electron chi connectivity index (χ3n) is 2.44. The Morgan fingerprint density at radius 1 is 1.50 bits per heavy atom. The van der Waals surface area contributed by atoms with Crippen molar-refractivity contribution in [2.75, 3.05) is 0 Å². The first kappa shape index (κ1) is 10.8. The summed E-state index contributed by atoms with van der Waals surface area (Å²) in [5.41, 5.74) is 0.447. The molecule has 0 radical (unpaired) electrons. The smallest absolute Gasteiger partial charge is 0.144 e. The highest BCUT2D eigenvalue weighted by Crippen LogP contribution is 2.43. The van der Waals surface area contributed by atoms with Crippen LogP contribution in [0, 0.1) is 15.3 Å². The zero-order valence-corrected chi connectivity index (χ0v) is 11.0. The predicted molar refractivity (Wildman–Crippen MR) is 64.5 cm³/mol. The van der Waals surface area contributed by atoms with Crippen LogP contribution in [-0.2, 0) is 0 Å². The third kappa shape index (κ3) is 1.97. The van der Waals surface area contributed by atoms with Crippen molar-refractivity contribution in [2.45, 2.75) is 18.9 Å². The normalized spacial score (nSPS) is 18.3. The van der Waals surface area contributed by atoms with Gasteiger partial charge in [0, 0.05) is 9.13 Å². The Morgan fingerprint density at radius 2 is 2.14 bits per heavy atom. The lowest BCUT2D eigenvalue weighted by Crippen LogP contribution is -2.05. The Balaban J connectivity index is 2.43. The first-order valence-electron chi connectivity index (χ1n) is 4.42. The van der Waals surface area contributed by atoms with Crippen molar-refractivity contribution in [3.8, 4) is 0 Å². The lowest BCUT2D eigenvalue weighted by molar-refractivity contribution is 0.148. The molecule has 1 aliphatic carbocycles. The van der Waals surface area contributed by atoms with Gasteiger partial charge in [0.15, 0.2) is 0 Å². The summed E-state index contributed by atoms with van der Waals surface area (Å²) in [5.74, 6) is -0.0661. The van der Waals surface area contributed by atoms with Gasteiger partial charge in [0.1, 0.15) is 5.82 Å². The van der Waals surface area contributed by atoms with E-state index in [0.29, 0.717) is 10.0 Å². The molecule has 0 amide bonds. The van der Waals surface area contributed by atoms with Crippen LogP contribution in [0.1, 0.15) is 24.5 Å². The third-order valence-corrected chi connectivity index (χ3v) is 4.00. The highest BCUT2D eigenvalue weighted by atomic mass is 127. The van der Waals surface area contributed by atoms with E-state index in [1.807, 2.05) is 6.07 Å². The molecule has 1 fully saturated rings. The fourth-order valence-electron chi connectivity index (χ4n) is 1.46. The number of hydrogen-bond acceptors (Lipinski definition) is 1. The molecular formula is C10H9BrFIO. The molecule has 14 heavy (non-hydrogen) atoms. The van der Waals surface area contributed by atoms with Crippen LogP contribution in [-0.4, -0.2) is 5.11 Å². The summed E-state index contributed by atoms with van der Waals surface area (Å²) >= 11 is 5.19. The Bertz CT molecular complexity index is 365. The molecule has 1 saturated carbocycles. The van der Waals surface area contributed by atoms with Gasteiger partial charge in [-0.25, -0.2) is 4.39 Å². The summed E-state index contributed by atoms with van der Waals surface area (Å²) in [4.78, 5) is 0. The molecule has 1 atom stereocenters. The molecule has 1 nitrogen and oxygen atoms in total. The highest BCUT2D eigenvalue weighted by Gasteiger charge is 2.33. The van der Waals surface area contributed by atoms with Crippen molar-refractivity contribution >= 4 is 38.5 Å². The molecule has 1 aromatic rings. The van der Waals surface area contributed by atoms with E-state index < -0.39 is 6.10 Å². The van der Waals surface area contributed by atoms with Gasteiger partial charge in [0.2, 0.25) is 0 Å². The van der Waals surface area contributed by atoms with Gasteiger partial charge in [-0.2, -0.15) is 0 Å². The maximum Gasteiger partial charge on any atom is 0.144 e. The lowest BCUT2D eigenvalue weighted by atomic mass is 10.1. The van der Waals surface area contributed by atoms with E-state index in [-0.39, 0.29) is 11.7 Å². The first-order valence-corrected chi connectivity index (χ1v) is 6.30. The molecule has 1 aromatic carbocycles. The number of rotatable bonds is 2. The second-order valence-electron chi connectivity index (χ2n) is 3.54. The van der Waals surface area contributed by atoms with E-state index in [2.05, 4.69) is 38.5 Å². The predicted octanol–water partition coefficient (Wildman–Crippen LogP) is 3.64. The van der Waals surface area contributed by atoms with Crippen molar-refractivity contribution in [3.05, 3.63) is 31.6 Å². The van der Waals surface area contributed by atoms with Gasteiger partial charge in [-0.15, -0.1) is 0 Å². The summed E-state index contributed by atoms with van der Waals surface area (Å²) < 4.78 is 14.9. The molecule has 2 rings (SSSR count). The topological polar surface area (TPSA) is 20.2 Å². The van der Waals surface area contributed by atoms with E-state index >= 15 is 0 Å². The molecule has 4 heteroatoms. The van der Waals surface area contributed by atoms with E-state index in [9.17, 15) is 9.50 Å². The summed E-state index contributed by atoms with van der Waals surface area (Å²) in [6.07, 6.45) is 1.37. The molecule has 1 N–H and O–H groups in total. The maximum absolute atomic E-state index is 13.7. The quantitative estimate of drug-likeness (QED) is 0.622. The number of aliphatic hydroxyl groups is 1. The van der Waals surface area contributed by atoms with Crippen LogP contribution >= 0.6 is 38.5 Å². The number of aliphatic hydroxyl groups excluding tert-OH is 1. The summed E-state index contributed by atoms with van der Waals surface area (Å²) in [6.45, 7) is 0. The molecule has 0 spiro atoms. The first-order chi connectivity index (χ1) is 6.61. The molecular weight excluding hydrogens is 362 g/mol. The number of halogens is 3. The van der Waals surface area contributed by atoms with Gasteiger partial charge in [-0.1, -0.05) is 0 Å². The average Bonchev–Trinajstić information content (AvgIpc) is 2.95. The van der Waals surface area contributed by atoms with Gasteiger partial charge in [0.25, 0.3) is 0 Å². The van der Waals surface area contributed by atoms with Gasteiger partial charge >= 0.3 is 0 Å². The molecule has 1 aliphatic rings. The lowest BCUT2D eigenvalue weighted by Gasteiger charge is -2.13. The minimum atomic E-state index is -0.639. The van der Waals surface area contributed by atoms with Crippen LogP contribution in [0.15, 0.2) is 16.6 Å². The van der Waals surface area contributed by atoms with E-state index in [1.54, 1.807) is 6.07 Å². The number of benzene rings is 1. The second-order valence-corrected chi connectivity index (χ2v) is 5.56. The Morgan fingerprint density at radius 3 is 2.71 bits per heavy atom. The second kappa shape index (κ2) is 4.06. The number of hydrogen-bond donors (Lipinski definition) is 1. The maximum atomic E-state index is 13.7. The fraction of sp³-hybridized carbons (Fsp3) is 0.400. The van der Waals surface area contributed by atoms with Crippen molar-refractivity contribution in [2.24, 2.45) is 5.92 Å². The van der Waals surface area contributed by atoms with Crippen molar-refractivity contribution < 1.29 is 9.50 Å². The largest absolute Gasteiger partial charge is 0.388 e. The van der Waals surface area contributed by atoms with Crippen LogP contribution in [0.25, 0.3) is 0 Å². The van der Waals surface area contributed by atoms with Crippen LogP contribution in [0.2, 0.25) is 0 Å². The Labute approximate surface area is 104 Å². The average molecular weight is 371 g/mol. The molecule has 0 bridgehead atoms. The van der Waals surface area contributed by atoms with Gasteiger partial charge in [-0.05, 0) is 69.4 Å². The summed E-state index contributed by atoms with van der Waals surface area (Å²) in [6, 6.07) is 3.48. The van der Waals surface area contributed by atoms with Crippen LogP contribution in [0.4, 0.5) is 4.39 Å². The molecule has 1 unspecified atom stereocenters. The van der Waals surface area contributed by atoms with Gasteiger partial charge in [-0.3, -0.25) is 0 Å². The van der Waals surface area contributed by atoms with Crippen molar-refractivity contribution in [1.29, 1.82) is 0 Å². The zero-order chi connectivity index (χ0) is 10.3.